The molecule has 0 spiro atoms. The van der Waals surface area contributed by atoms with Crippen LogP contribution in [0.15, 0.2) is 36.4 Å². The van der Waals surface area contributed by atoms with E-state index in [0.29, 0.717) is 27.8 Å². The third-order valence-corrected chi connectivity index (χ3v) is 5.09. The zero-order chi connectivity index (χ0) is 19.7. The van der Waals surface area contributed by atoms with E-state index in [-0.39, 0.29) is 17.5 Å². The molecule has 0 radical (unpaired) electrons. The number of hydrogen-bond donors (Lipinski definition) is 2. The van der Waals surface area contributed by atoms with Crippen LogP contribution in [0.5, 0.6) is 5.75 Å². The zero-order valence-corrected chi connectivity index (χ0v) is 15.5. The van der Waals surface area contributed by atoms with Crippen LogP contribution in [0.3, 0.4) is 0 Å². The lowest BCUT2D eigenvalue weighted by Gasteiger charge is -2.30. The first-order valence-corrected chi connectivity index (χ1v) is 9.17. The molecular weight excluding hydrogens is 357 g/mol. The number of phenols is 1. The number of benzene rings is 2. The van der Waals surface area contributed by atoms with Gasteiger partial charge in [-0.1, -0.05) is 24.3 Å². The van der Waals surface area contributed by atoms with Crippen LogP contribution in [-0.2, 0) is 0 Å². The van der Waals surface area contributed by atoms with Crippen molar-refractivity contribution in [1.29, 1.82) is 0 Å². The number of likely N-dealkylation sites (N-methyl/N-ethyl adjacent to an activating group) is 1. The molecule has 0 saturated carbocycles. The van der Waals surface area contributed by atoms with E-state index in [0.717, 1.165) is 25.9 Å². The van der Waals surface area contributed by atoms with Gasteiger partial charge in [0, 0.05) is 28.9 Å². The molecule has 1 aromatic heterocycles. The van der Waals surface area contributed by atoms with Gasteiger partial charge in [-0.05, 0) is 38.6 Å². The number of nitrogens with one attached hydrogen (secondary N) is 1. The molecule has 6 nitrogen and oxygen atoms in total. The normalized spacial score (nSPS) is 17.4. The van der Waals surface area contributed by atoms with Crippen LogP contribution in [0.2, 0.25) is 0 Å². The quantitative estimate of drug-likeness (QED) is 0.670. The molecule has 2 heterocycles. The van der Waals surface area contributed by atoms with Gasteiger partial charge in [0.2, 0.25) is 0 Å². The average molecular weight is 377 g/mol. The molecule has 1 aliphatic rings. The molecule has 4 rings (SSSR count). The number of anilines is 1. The molecular formula is C21H20FN5O. The highest BCUT2D eigenvalue weighted by atomic mass is 19.1. The van der Waals surface area contributed by atoms with Gasteiger partial charge in [0.15, 0.2) is 11.5 Å². The topological polar surface area (TPSA) is 65.6 Å². The van der Waals surface area contributed by atoms with Gasteiger partial charge in [0.25, 0.3) is 0 Å². The van der Waals surface area contributed by atoms with Gasteiger partial charge < -0.3 is 15.3 Å². The van der Waals surface area contributed by atoms with E-state index in [1.165, 1.54) is 12.1 Å². The van der Waals surface area contributed by atoms with Crippen LogP contribution in [-0.4, -0.2) is 46.4 Å². The Morgan fingerprint density at radius 2 is 2.14 bits per heavy atom. The second-order valence-electron chi connectivity index (χ2n) is 7.12. The van der Waals surface area contributed by atoms with Gasteiger partial charge in [0.1, 0.15) is 17.3 Å². The molecule has 142 valence electrons. The lowest BCUT2D eigenvalue weighted by atomic mass is 10.0. The maximum atomic E-state index is 14.8. The summed E-state index contributed by atoms with van der Waals surface area (Å²) in [4.78, 5) is 5.55. The summed E-state index contributed by atoms with van der Waals surface area (Å²) in [6.07, 6.45) is 2.11. The van der Waals surface area contributed by atoms with E-state index in [1.807, 2.05) is 0 Å². The summed E-state index contributed by atoms with van der Waals surface area (Å²) in [6, 6.07) is 9.52. The summed E-state index contributed by atoms with van der Waals surface area (Å²) in [5.74, 6) is -0.0161. The Morgan fingerprint density at radius 1 is 1.29 bits per heavy atom. The van der Waals surface area contributed by atoms with E-state index in [1.54, 1.807) is 24.3 Å². The van der Waals surface area contributed by atoms with Gasteiger partial charge in [-0.2, -0.15) is 0 Å². The number of aromatic nitrogens is 2. The van der Waals surface area contributed by atoms with Gasteiger partial charge in [-0.3, -0.25) is 0 Å². The van der Waals surface area contributed by atoms with Crippen LogP contribution in [0, 0.1) is 12.4 Å². The summed E-state index contributed by atoms with van der Waals surface area (Å²) < 4.78 is 14.8. The van der Waals surface area contributed by atoms with Crippen molar-refractivity contribution in [3.63, 3.8) is 0 Å². The standard InChI is InChI=1S/C21H20FN5O/c1-23-13-8-9-15(18(28)11-13)20-19-16(6-3-7-17(19)22)21(26-25-20)24-14-5-4-10-27(2)12-14/h3,6-9,11,14,28H,4-5,10,12H2,2H3,(H,24,26)/t14-/m1/s1. The molecule has 2 N–H and O–H groups in total. The Bertz CT molecular complexity index is 1080. The van der Waals surface area contributed by atoms with E-state index in [4.69, 9.17) is 6.57 Å². The van der Waals surface area contributed by atoms with Crippen molar-refractivity contribution < 1.29 is 9.50 Å². The van der Waals surface area contributed by atoms with Gasteiger partial charge in [0.05, 0.1) is 6.57 Å². The van der Waals surface area contributed by atoms with Crippen molar-refractivity contribution in [2.75, 3.05) is 25.5 Å². The van der Waals surface area contributed by atoms with E-state index < -0.39 is 5.82 Å². The first kappa shape index (κ1) is 18.1. The number of aromatic hydroxyl groups is 1. The molecule has 3 aromatic rings. The van der Waals surface area contributed by atoms with Crippen molar-refractivity contribution in [3.05, 3.63) is 53.6 Å². The number of likely N-dealkylation sites (tertiary alicyclic amines) is 1. The Morgan fingerprint density at radius 3 is 2.89 bits per heavy atom. The Kier molecular flexibility index (Phi) is 4.80. The minimum Gasteiger partial charge on any atom is -0.509 e. The minimum absolute atomic E-state index is 0.123. The number of hydrogen-bond acceptors (Lipinski definition) is 5. The Labute approximate surface area is 162 Å². The fraction of sp³-hybridized carbons (Fsp3) is 0.286. The van der Waals surface area contributed by atoms with E-state index in [9.17, 15) is 9.50 Å². The first-order valence-electron chi connectivity index (χ1n) is 9.17. The zero-order valence-electron chi connectivity index (χ0n) is 15.5. The Hall–Kier alpha value is -3.24. The molecule has 0 unspecified atom stereocenters. The highest BCUT2D eigenvalue weighted by Crippen LogP contribution is 2.37. The summed E-state index contributed by atoms with van der Waals surface area (Å²) in [6.45, 7) is 9.02. The number of fused-ring (bicyclic) bond motifs is 1. The first-order chi connectivity index (χ1) is 13.6. The largest absolute Gasteiger partial charge is 0.509 e. The van der Waals surface area contributed by atoms with Crippen molar-refractivity contribution in [1.82, 2.24) is 15.1 Å². The number of phenolic OH excluding ortho intramolecular Hbond substituents is 1. The molecule has 2 aromatic carbocycles. The average Bonchev–Trinajstić information content (AvgIpc) is 2.69. The van der Waals surface area contributed by atoms with Crippen LogP contribution in [0.25, 0.3) is 26.9 Å². The predicted molar refractivity (Wildman–Crippen MR) is 107 cm³/mol. The van der Waals surface area contributed by atoms with Crippen molar-refractivity contribution in [2.45, 2.75) is 18.9 Å². The summed E-state index contributed by atoms with van der Waals surface area (Å²) in [7, 11) is 2.08. The molecule has 7 heteroatoms. The van der Waals surface area contributed by atoms with Crippen LogP contribution >= 0.6 is 0 Å². The second-order valence-corrected chi connectivity index (χ2v) is 7.12. The minimum atomic E-state index is -0.431. The molecule has 0 amide bonds. The van der Waals surface area contributed by atoms with Gasteiger partial charge in [-0.25, -0.2) is 9.24 Å². The molecule has 0 bridgehead atoms. The fourth-order valence-electron chi connectivity index (χ4n) is 3.73. The third-order valence-electron chi connectivity index (χ3n) is 5.09. The number of piperidine rings is 1. The Balaban J connectivity index is 1.81. The molecule has 28 heavy (non-hydrogen) atoms. The second kappa shape index (κ2) is 7.41. The predicted octanol–water partition coefficient (Wildman–Crippen LogP) is 4.20. The number of nitrogens with zero attached hydrogens (tertiary/aromatic N) is 4. The lowest BCUT2D eigenvalue weighted by molar-refractivity contribution is 0.261. The summed E-state index contributed by atoms with van der Waals surface area (Å²) in [5, 5.41) is 23.2. The maximum Gasteiger partial charge on any atom is 0.190 e. The number of halogens is 1. The lowest BCUT2D eigenvalue weighted by Crippen LogP contribution is -2.40. The van der Waals surface area contributed by atoms with Crippen LogP contribution in [0.4, 0.5) is 15.9 Å². The summed E-state index contributed by atoms with van der Waals surface area (Å²) >= 11 is 0. The molecule has 1 saturated heterocycles. The van der Waals surface area contributed by atoms with Gasteiger partial charge in [-0.15, -0.1) is 10.2 Å². The van der Waals surface area contributed by atoms with Crippen LogP contribution < -0.4 is 5.32 Å². The molecule has 1 fully saturated rings. The van der Waals surface area contributed by atoms with Crippen LogP contribution in [0.1, 0.15) is 12.8 Å². The van der Waals surface area contributed by atoms with Crippen molar-refractivity contribution >= 4 is 22.3 Å². The van der Waals surface area contributed by atoms with E-state index >= 15 is 0 Å². The highest BCUT2D eigenvalue weighted by molar-refractivity contribution is 6.01. The smallest absolute Gasteiger partial charge is 0.190 e. The van der Waals surface area contributed by atoms with Crippen molar-refractivity contribution in [3.8, 4) is 17.0 Å². The summed E-state index contributed by atoms with van der Waals surface area (Å²) in [5.41, 5.74) is 0.908. The number of rotatable bonds is 3. The molecule has 1 atom stereocenters. The highest BCUT2D eigenvalue weighted by Gasteiger charge is 2.21. The monoisotopic (exact) mass is 377 g/mol. The van der Waals surface area contributed by atoms with Crippen molar-refractivity contribution in [2.24, 2.45) is 0 Å². The van der Waals surface area contributed by atoms with E-state index in [2.05, 4.69) is 32.3 Å². The molecule has 1 aliphatic heterocycles. The maximum absolute atomic E-state index is 14.8. The van der Waals surface area contributed by atoms with Gasteiger partial charge >= 0.3 is 0 Å². The fourth-order valence-corrected chi connectivity index (χ4v) is 3.73. The SMILES string of the molecule is [C-]#[N+]c1ccc(-c2nnc(N[C@@H]3CCCN(C)C3)c3cccc(F)c23)c(O)c1. The molecule has 0 aliphatic carbocycles. The third kappa shape index (κ3) is 3.35.